The molecule has 1 saturated heterocycles. The second-order valence-electron chi connectivity index (χ2n) is 7.79. The molecule has 7 nitrogen and oxygen atoms in total. The van der Waals surface area contributed by atoms with Crippen molar-refractivity contribution in [3.63, 3.8) is 0 Å². The molecule has 1 aliphatic rings. The number of oxazole rings is 1. The summed E-state index contributed by atoms with van der Waals surface area (Å²) in [4.78, 5) is 17.5. The number of piperidine rings is 1. The van der Waals surface area contributed by atoms with Crippen LogP contribution >= 0.6 is 11.3 Å². The predicted octanol–water partition coefficient (Wildman–Crippen LogP) is 3.33. The van der Waals surface area contributed by atoms with Gasteiger partial charge in [-0.15, -0.1) is 11.3 Å². The third kappa shape index (κ3) is 6.27. The summed E-state index contributed by atoms with van der Waals surface area (Å²) < 4.78 is 5.73. The lowest BCUT2D eigenvalue weighted by Crippen LogP contribution is -2.42. The number of hydrogen-bond acceptors (Lipinski definition) is 6. The summed E-state index contributed by atoms with van der Waals surface area (Å²) >= 11 is 1.73. The topological polar surface area (TPSA) is 78.6 Å². The molecule has 0 bridgehead atoms. The quantitative estimate of drug-likeness (QED) is 0.530. The Kier molecular flexibility index (Phi) is 7.66. The van der Waals surface area contributed by atoms with E-state index in [9.17, 15) is 0 Å². The summed E-state index contributed by atoms with van der Waals surface area (Å²) in [5.41, 5.74) is 2.11. The molecule has 0 radical (unpaired) electrons. The van der Waals surface area contributed by atoms with Crippen LogP contribution in [-0.4, -0.2) is 47.0 Å². The molecule has 2 aromatic rings. The summed E-state index contributed by atoms with van der Waals surface area (Å²) in [6.07, 6.45) is 2.35. The van der Waals surface area contributed by atoms with Crippen molar-refractivity contribution in [1.82, 2.24) is 25.5 Å². The Hall–Kier alpha value is -1.93. The average Bonchev–Trinajstić information content (AvgIpc) is 3.19. The molecule has 0 unspecified atom stereocenters. The number of rotatable bonds is 7. The minimum absolute atomic E-state index is 0.627. The van der Waals surface area contributed by atoms with Gasteiger partial charge in [0.15, 0.2) is 5.96 Å². The van der Waals surface area contributed by atoms with Gasteiger partial charge < -0.3 is 15.1 Å². The van der Waals surface area contributed by atoms with E-state index in [1.807, 2.05) is 13.8 Å². The summed E-state index contributed by atoms with van der Waals surface area (Å²) in [7, 11) is 0. The first-order valence-electron chi connectivity index (χ1n) is 10.5. The highest BCUT2D eigenvalue weighted by molar-refractivity contribution is 7.11. The van der Waals surface area contributed by atoms with Crippen molar-refractivity contribution in [2.45, 2.75) is 60.5 Å². The van der Waals surface area contributed by atoms with Crippen molar-refractivity contribution in [3.8, 4) is 0 Å². The Balaban J connectivity index is 1.43. The zero-order chi connectivity index (χ0) is 20.8. The fourth-order valence-electron chi connectivity index (χ4n) is 3.48. The number of aryl methyl sites for hydroxylation is 4. The molecular formula is C21H34N6OS. The van der Waals surface area contributed by atoms with Gasteiger partial charge in [0.05, 0.1) is 24.5 Å². The van der Waals surface area contributed by atoms with Gasteiger partial charge in [0.2, 0.25) is 5.89 Å². The Bertz CT molecular complexity index is 780. The molecule has 2 aromatic heterocycles. The fourth-order valence-corrected chi connectivity index (χ4v) is 4.34. The number of hydrogen-bond donors (Lipinski definition) is 2. The van der Waals surface area contributed by atoms with E-state index >= 15 is 0 Å². The molecule has 0 amide bonds. The molecular weight excluding hydrogens is 384 g/mol. The third-order valence-electron chi connectivity index (χ3n) is 5.49. The van der Waals surface area contributed by atoms with Gasteiger partial charge >= 0.3 is 0 Å². The maximum atomic E-state index is 5.73. The van der Waals surface area contributed by atoms with E-state index in [4.69, 9.17) is 9.41 Å². The Morgan fingerprint density at radius 3 is 2.48 bits per heavy atom. The van der Waals surface area contributed by atoms with Crippen LogP contribution in [0.5, 0.6) is 0 Å². The summed E-state index contributed by atoms with van der Waals surface area (Å²) in [6.45, 7) is 15.6. The van der Waals surface area contributed by atoms with Crippen molar-refractivity contribution in [3.05, 3.63) is 32.9 Å². The van der Waals surface area contributed by atoms with Crippen LogP contribution in [0.3, 0.4) is 0 Å². The molecule has 8 heteroatoms. The number of thiazole rings is 1. The minimum atomic E-state index is 0.627. The Morgan fingerprint density at radius 2 is 1.90 bits per heavy atom. The SMILES string of the molecule is CCNC(=NCc1nc(C)c(C)s1)NCC1CCN(Cc2nc(C)c(C)o2)CC1. The van der Waals surface area contributed by atoms with Crippen LogP contribution in [-0.2, 0) is 13.1 Å². The van der Waals surface area contributed by atoms with Gasteiger partial charge in [-0.05, 0) is 66.5 Å². The van der Waals surface area contributed by atoms with Gasteiger partial charge in [-0.3, -0.25) is 4.90 Å². The number of nitrogens with zero attached hydrogens (tertiary/aromatic N) is 4. The van der Waals surface area contributed by atoms with Crippen LogP contribution in [0.25, 0.3) is 0 Å². The molecule has 0 saturated carbocycles. The molecule has 1 fully saturated rings. The van der Waals surface area contributed by atoms with Gasteiger partial charge in [0.1, 0.15) is 10.8 Å². The van der Waals surface area contributed by atoms with Crippen LogP contribution in [0.4, 0.5) is 0 Å². The van der Waals surface area contributed by atoms with Gasteiger partial charge in [-0.2, -0.15) is 0 Å². The first-order chi connectivity index (χ1) is 13.9. The highest BCUT2D eigenvalue weighted by Gasteiger charge is 2.21. The molecule has 0 atom stereocenters. The number of nitrogens with one attached hydrogen (secondary N) is 2. The van der Waals surface area contributed by atoms with Gasteiger partial charge in [0, 0.05) is 18.0 Å². The molecule has 2 N–H and O–H groups in total. The Morgan fingerprint density at radius 1 is 1.14 bits per heavy atom. The Labute approximate surface area is 178 Å². The molecule has 0 aromatic carbocycles. The molecule has 3 heterocycles. The van der Waals surface area contributed by atoms with Crippen molar-refractivity contribution < 1.29 is 4.42 Å². The number of aliphatic imine (C=N–C) groups is 1. The van der Waals surface area contributed by atoms with E-state index in [0.29, 0.717) is 12.5 Å². The fraction of sp³-hybridized carbons (Fsp3) is 0.667. The van der Waals surface area contributed by atoms with Crippen LogP contribution in [0.2, 0.25) is 0 Å². The molecule has 1 aliphatic heterocycles. The highest BCUT2D eigenvalue weighted by atomic mass is 32.1. The second-order valence-corrected chi connectivity index (χ2v) is 9.08. The molecule has 160 valence electrons. The molecule has 3 rings (SSSR count). The monoisotopic (exact) mass is 418 g/mol. The average molecular weight is 419 g/mol. The summed E-state index contributed by atoms with van der Waals surface area (Å²) in [5.74, 6) is 3.31. The summed E-state index contributed by atoms with van der Waals surface area (Å²) in [5, 5.41) is 7.94. The number of likely N-dealkylation sites (tertiary alicyclic amines) is 1. The first kappa shape index (κ1) is 21.8. The summed E-state index contributed by atoms with van der Waals surface area (Å²) in [6, 6.07) is 0. The lowest BCUT2D eigenvalue weighted by Gasteiger charge is -2.31. The van der Waals surface area contributed by atoms with E-state index in [0.717, 1.165) is 66.7 Å². The lowest BCUT2D eigenvalue weighted by molar-refractivity contribution is 0.164. The van der Waals surface area contributed by atoms with Crippen LogP contribution < -0.4 is 10.6 Å². The third-order valence-corrected chi connectivity index (χ3v) is 6.54. The lowest BCUT2D eigenvalue weighted by atomic mass is 9.97. The van der Waals surface area contributed by atoms with Gasteiger partial charge in [-0.25, -0.2) is 15.0 Å². The van der Waals surface area contributed by atoms with E-state index in [2.05, 4.69) is 46.3 Å². The molecule has 29 heavy (non-hydrogen) atoms. The highest BCUT2D eigenvalue weighted by Crippen LogP contribution is 2.19. The zero-order valence-electron chi connectivity index (χ0n) is 18.3. The molecule has 0 spiro atoms. The maximum Gasteiger partial charge on any atom is 0.208 e. The van der Waals surface area contributed by atoms with Crippen molar-refractivity contribution >= 4 is 17.3 Å². The van der Waals surface area contributed by atoms with Crippen molar-refractivity contribution in [1.29, 1.82) is 0 Å². The standard InChI is InChI=1S/C21H34N6OS/c1-6-22-21(24-12-20-26-15(3)17(5)29-20)23-11-18-7-9-27(10-8-18)13-19-25-14(2)16(4)28-19/h18H,6-13H2,1-5H3,(H2,22,23,24). The van der Waals surface area contributed by atoms with Crippen LogP contribution in [0, 0.1) is 33.6 Å². The minimum Gasteiger partial charge on any atom is -0.444 e. The van der Waals surface area contributed by atoms with Crippen LogP contribution in [0.15, 0.2) is 9.41 Å². The normalized spacial score (nSPS) is 16.4. The molecule has 0 aliphatic carbocycles. The van der Waals surface area contributed by atoms with E-state index in [-0.39, 0.29) is 0 Å². The smallest absolute Gasteiger partial charge is 0.208 e. The predicted molar refractivity (Wildman–Crippen MR) is 118 cm³/mol. The largest absolute Gasteiger partial charge is 0.444 e. The maximum absolute atomic E-state index is 5.73. The number of aromatic nitrogens is 2. The second kappa shape index (κ2) is 10.2. The van der Waals surface area contributed by atoms with E-state index in [1.54, 1.807) is 11.3 Å². The van der Waals surface area contributed by atoms with Crippen molar-refractivity contribution in [2.24, 2.45) is 10.9 Å². The van der Waals surface area contributed by atoms with E-state index < -0.39 is 0 Å². The van der Waals surface area contributed by atoms with Crippen LogP contribution in [0.1, 0.15) is 52.7 Å². The number of guanidine groups is 1. The van der Waals surface area contributed by atoms with Gasteiger partial charge in [0.25, 0.3) is 0 Å². The zero-order valence-corrected chi connectivity index (χ0v) is 19.2. The first-order valence-corrected chi connectivity index (χ1v) is 11.4. The van der Waals surface area contributed by atoms with Gasteiger partial charge in [-0.1, -0.05) is 0 Å². The van der Waals surface area contributed by atoms with E-state index in [1.165, 1.54) is 17.7 Å². The van der Waals surface area contributed by atoms with Crippen molar-refractivity contribution in [2.75, 3.05) is 26.2 Å².